The second-order valence-electron chi connectivity index (χ2n) is 15.2. The van der Waals surface area contributed by atoms with Crippen LogP contribution in [0.15, 0.2) is 170 Å². The number of benzene rings is 7. The van der Waals surface area contributed by atoms with E-state index in [-0.39, 0.29) is 49.7 Å². The molecule has 6 heteroatoms. The Morgan fingerprint density at radius 1 is 0.678 bits per heavy atom. The van der Waals surface area contributed by atoms with E-state index in [2.05, 4.69) is 50.0 Å². The molecule has 0 saturated heterocycles. The third-order valence-electron chi connectivity index (χ3n) is 10.5. The molecule has 7 aromatic carbocycles. The maximum Gasteiger partial charge on any atom is 0.135 e. The first kappa shape index (κ1) is 29.7. The van der Waals surface area contributed by atoms with Crippen molar-refractivity contribution in [2.45, 2.75) is 33.0 Å². The Hall–Kier alpha value is -6.42. The molecule has 0 aliphatic carbocycles. The topological polar surface area (TPSA) is 33.5 Å². The second kappa shape index (κ2) is 15.4. The van der Waals surface area contributed by atoms with Gasteiger partial charge in [0.05, 0.1) is 6.85 Å². The van der Waals surface area contributed by atoms with Gasteiger partial charge in [0.1, 0.15) is 5.82 Å². The van der Waals surface area contributed by atoms with Gasteiger partial charge in [0.2, 0.25) is 0 Å². The van der Waals surface area contributed by atoms with Gasteiger partial charge in [0.15, 0.2) is 0 Å². The zero-order valence-corrected chi connectivity index (χ0v) is 34.6. The van der Waals surface area contributed by atoms with Gasteiger partial charge in [0, 0.05) is 76.6 Å². The number of fused-ring (bicyclic) bond motifs is 4. The summed E-state index contributed by atoms with van der Waals surface area (Å²) in [5.74, 6) is 1.27. The predicted molar refractivity (Wildman–Crippen MR) is 239 cm³/mol. The summed E-state index contributed by atoms with van der Waals surface area (Å²) in [6, 6.07) is 47.3. The van der Waals surface area contributed by atoms with Crippen LogP contribution in [-0.2, 0) is 26.5 Å². The molecule has 1 aliphatic heterocycles. The Bertz CT molecular complexity index is 3370. The number of aromatic nitrogens is 2. The van der Waals surface area contributed by atoms with Gasteiger partial charge in [0.25, 0.3) is 0 Å². The quantitative estimate of drug-likeness (QED) is 0.149. The molecule has 9 aromatic rings. The molecule has 0 atom stereocenters. The number of hydrogen-bond acceptors (Lipinski definition) is 4. The van der Waals surface area contributed by atoms with E-state index in [1.54, 1.807) is 6.07 Å². The Morgan fingerprint density at radius 2 is 1.41 bits per heavy atom. The summed E-state index contributed by atoms with van der Waals surface area (Å²) >= 11 is 0. The molecule has 0 N–H and O–H groups in total. The van der Waals surface area contributed by atoms with Crippen molar-refractivity contribution in [3.8, 4) is 39.6 Å². The van der Waals surface area contributed by atoms with E-state index >= 15 is 0 Å². The van der Waals surface area contributed by atoms with E-state index in [4.69, 9.17) is 15.7 Å². The molecule has 0 unspecified atom stereocenters. The molecule has 0 fully saturated rings. The van der Waals surface area contributed by atoms with Gasteiger partial charge in [-0.3, -0.25) is 0 Å². The van der Waals surface area contributed by atoms with Crippen molar-refractivity contribution in [3.05, 3.63) is 200 Å². The zero-order valence-electron chi connectivity index (χ0n) is 40.4. The largest absolute Gasteiger partial charge is 0.509 e. The third-order valence-corrected chi connectivity index (χ3v) is 10.5. The standard InChI is InChI=1S/C53H41N4O.Pt/c1-36-29-30-54-51(31-36)57-47-24-9-8-21-45(47)46-28-27-42(34-50(46)57)58-41-20-13-19-40(33-41)55-35-56(49-26-11-10-25-48(49)55)52-43(37-15-6-5-7-16-37)22-14-23-44(52)38-17-12-18-39(32-38)53(2,3)4;/h5-32,35H,1-4H3;/q-3;/i1D3,5D,6D,7D,15D,16D;. The SMILES string of the molecule is [2H]c1c([2H])c([2H])c(-c2cccc(-c3cccc(C(C)(C)C)c3)c2N2[CH-]N(c3[c-]c(Oc4[c-]c5c(cc4)c4ccccc4n5-c4cc(C([2H])([2H])[2H])ccn4)ccc3)c3ccccc32)c([2H])c1[2H].[Pt]. The molecular weight excluding hydrogens is 904 g/mol. The van der Waals surface area contributed by atoms with E-state index in [0.717, 1.165) is 44.4 Å². The van der Waals surface area contributed by atoms with Crippen LogP contribution in [-0.4, -0.2) is 9.55 Å². The minimum atomic E-state index is -2.31. The van der Waals surface area contributed by atoms with Crippen LogP contribution in [0.4, 0.5) is 22.7 Å². The monoisotopic (exact) mass is 952 g/mol. The van der Waals surface area contributed by atoms with Crippen molar-refractivity contribution in [1.82, 2.24) is 9.55 Å². The Balaban J connectivity index is 0.00000562. The van der Waals surface area contributed by atoms with E-state index in [1.165, 1.54) is 12.3 Å². The maximum absolute atomic E-state index is 9.07. The first-order valence-electron chi connectivity index (χ1n) is 23.0. The smallest absolute Gasteiger partial charge is 0.135 e. The van der Waals surface area contributed by atoms with Gasteiger partial charge in [-0.15, -0.1) is 48.1 Å². The van der Waals surface area contributed by atoms with Gasteiger partial charge in [-0.25, -0.2) is 4.98 Å². The number of anilines is 4. The van der Waals surface area contributed by atoms with Gasteiger partial charge < -0.3 is 19.1 Å². The minimum absolute atomic E-state index is 0. The van der Waals surface area contributed by atoms with E-state index in [9.17, 15) is 0 Å². The van der Waals surface area contributed by atoms with Crippen LogP contribution in [0.2, 0.25) is 0 Å². The molecule has 0 radical (unpaired) electrons. The second-order valence-corrected chi connectivity index (χ2v) is 15.2. The number of aryl methyl sites for hydroxylation is 1. The molecule has 10 rings (SSSR count). The normalized spacial score (nSPS) is 14.6. The van der Waals surface area contributed by atoms with Crippen LogP contribution in [0.5, 0.6) is 11.5 Å². The average molecular weight is 953 g/mol. The molecule has 59 heavy (non-hydrogen) atoms. The fourth-order valence-electron chi connectivity index (χ4n) is 7.72. The van der Waals surface area contributed by atoms with Crippen molar-refractivity contribution < 1.29 is 36.8 Å². The summed E-state index contributed by atoms with van der Waals surface area (Å²) in [5.41, 5.74) is 7.86. The molecule has 0 bridgehead atoms. The molecule has 0 spiro atoms. The summed E-state index contributed by atoms with van der Waals surface area (Å²) in [7, 11) is 0. The van der Waals surface area contributed by atoms with Crippen LogP contribution in [0, 0.1) is 25.7 Å². The van der Waals surface area contributed by atoms with E-state index in [0.29, 0.717) is 39.8 Å². The first-order chi connectivity index (χ1) is 31.6. The van der Waals surface area contributed by atoms with E-state index < -0.39 is 25.0 Å². The summed E-state index contributed by atoms with van der Waals surface area (Å²) in [4.78, 5) is 8.59. The summed E-state index contributed by atoms with van der Waals surface area (Å²) in [6.45, 7) is 6.09. The molecule has 5 nitrogen and oxygen atoms in total. The van der Waals surface area contributed by atoms with Gasteiger partial charge in [-0.1, -0.05) is 129 Å². The number of pyridine rings is 1. The Labute approximate surface area is 371 Å². The van der Waals surface area contributed by atoms with Gasteiger partial charge in [-0.2, -0.15) is 12.1 Å². The predicted octanol–water partition coefficient (Wildman–Crippen LogP) is 13.9. The number of nitrogens with zero attached hydrogens (tertiary/aromatic N) is 4. The first-order valence-corrected chi connectivity index (χ1v) is 19.0. The van der Waals surface area contributed by atoms with Gasteiger partial charge in [-0.05, 0) is 70.2 Å². The van der Waals surface area contributed by atoms with Crippen LogP contribution < -0.4 is 14.5 Å². The summed E-state index contributed by atoms with van der Waals surface area (Å²) in [6.07, 6.45) is 1.51. The van der Waals surface area contributed by atoms with Gasteiger partial charge >= 0.3 is 0 Å². The number of para-hydroxylation sites is 4. The molecular formula is C53H41N4OPt-3. The minimum Gasteiger partial charge on any atom is -0.509 e. The zero-order chi connectivity index (χ0) is 46.2. The summed E-state index contributed by atoms with van der Waals surface area (Å²) < 4.78 is 76.2. The van der Waals surface area contributed by atoms with Crippen LogP contribution >= 0.6 is 0 Å². The molecule has 0 saturated carbocycles. The fraction of sp³-hybridized carbons (Fsp3) is 0.0943. The molecule has 2 aromatic heterocycles. The molecule has 0 amide bonds. The van der Waals surface area contributed by atoms with Crippen molar-refractivity contribution >= 4 is 44.6 Å². The fourth-order valence-corrected chi connectivity index (χ4v) is 7.72. The van der Waals surface area contributed by atoms with E-state index in [1.807, 2.05) is 130 Å². The van der Waals surface area contributed by atoms with Crippen molar-refractivity contribution in [2.75, 3.05) is 9.80 Å². The van der Waals surface area contributed by atoms with Crippen molar-refractivity contribution in [1.29, 1.82) is 0 Å². The summed E-state index contributed by atoms with van der Waals surface area (Å²) in [5, 5.41) is 1.85. The number of rotatable bonds is 7. The number of hydrogen-bond donors (Lipinski definition) is 0. The number of ether oxygens (including phenoxy) is 1. The van der Waals surface area contributed by atoms with Crippen molar-refractivity contribution in [2.24, 2.45) is 0 Å². The Morgan fingerprint density at radius 3 is 2.22 bits per heavy atom. The Kier molecular flexibility index (Phi) is 7.76. The van der Waals surface area contributed by atoms with Crippen LogP contribution in [0.1, 0.15) is 42.9 Å². The average Bonchev–Trinajstić information content (AvgIpc) is 3.86. The molecule has 1 aliphatic rings. The maximum atomic E-state index is 9.07. The molecule has 292 valence electrons. The van der Waals surface area contributed by atoms with Crippen molar-refractivity contribution in [3.63, 3.8) is 0 Å². The molecule has 3 heterocycles. The van der Waals surface area contributed by atoms with Crippen LogP contribution in [0.25, 0.3) is 49.9 Å². The third kappa shape index (κ3) is 7.00. The van der Waals surface area contributed by atoms with Crippen LogP contribution in [0.3, 0.4) is 0 Å².